The average molecular weight is 358 g/mol. The number of amides is 1. The van der Waals surface area contributed by atoms with E-state index >= 15 is 0 Å². The highest BCUT2D eigenvalue weighted by atomic mass is 35.5. The molecule has 128 valence electrons. The van der Waals surface area contributed by atoms with Crippen molar-refractivity contribution in [3.8, 4) is 0 Å². The fourth-order valence-corrected chi connectivity index (χ4v) is 3.11. The summed E-state index contributed by atoms with van der Waals surface area (Å²) in [6.07, 6.45) is 5.07. The SMILES string of the molecule is Cl.O=C(CN1CCC(NCC2CC2)CC1)Nc1cccc(Cl)c1. The molecule has 1 saturated heterocycles. The van der Waals surface area contributed by atoms with Crippen molar-refractivity contribution >= 4 is 35.6 Å². The van der Waals surface area contributed by atoms with Gasteiger partial charge in [0.25, 0.3) is 0 Å². The first-order valence-electron chi connectivity index (χ1n) is 8.20. The minimum Gasteiger partial charge on any atom is -0.325 e. The zero-order valence-electron chi connectivity index (χ0n) is 13.3. The monoisotopic (exact) mass is 357 g/mol. The molecule has 6 heteroatoms. The van der Waals surface area contributed by atoms with Gasteiger partial charge in [-0.3, -0.25) is 9.69 Å². The molecular weight excluding hydrogens is 333 g/mol. The van der Waals surface area contributed by atoms with Crippen LogP contribution < -0.4 is 10.6 Å². The third-order valence-corrected chi connectivity index (χ3v) is 4.69. The molecule has 0 aromatic heterocycles. The molecule has 2 N–H and O–H groups in total. The maximum atomic E-state index is 12.1. The van der Waals surface area contributed by atoms with Crippen LogP contribution in [0.25, 0.3) is 0 Å². The number of hydrogen-bond donors (Lipinski definition) is 2. The zero-order chi connectivity index (χ0) is 15.4. The van der Waals surface area contributed by atoms with Gasteiger partial charge in [-0.05, 0) is 56.3 Å². The molecule has 1 saturated carbocycles. The number of nitrogens with one attached hydrogen (secondary N) is 2. The molecule has 1 aliphatic heterocycles. The highest BCUT2D eigenvalue weighted by molar-refractivity contribution is 6.30. The van der Waals surface area contributed by atoms with Crippen LogP contribution in [0.1, 0.15) is 25.7 Å². The predicted molar refractivity (Wildman–Crippen MR) is 97.5 cm³/mol. The smallest absolute Gasteiger partial charge is 0.238 e. The van der Waals surface area contributed by atoms with E-state index in [9.17, 15) is 4.79 Å². The Bertz CT molecular complexity index is 514. The largest absolute Gasteiger partial charge is 0.325 e. The van der Waals surface area contributed by atoms with Crippen molar-refractivity contribution in [3.63, 3.8) is 0 Å². The summed E-state index contributed by atoms with van der Waals surface area (Å²) in [6.45, 7) is 3.62. The molecular formula is C17H25Cl2N3O. The summed E-state index contributed by atoms with van der Waals surface area (Å²) in [5.74, 6) is 0.966. The summed E-state index contributed by atoms with van der Waals surface area (Å²) >= 11 is 5.92. The van der Waals surface area contributed by atoms with Crippen molar-refractivity contribution in [2.24, 2.45) is 5.92 Å². The molecule has 1 aromatic carbocycles. The number of nitrogens with zero attached hydrogens (tertiary/aromatic N) is 1. The van der Waals surface area contributed by atoms with Crippen molar-refractivity contribution in [2.75, 3.05) is 31.5 Å². The summed E-state index contributed by atoms with van der Waals surface area (Å²) < 4.78 is 0. The highest BCUT2D eigenvalue weighted by Crippen LogP contribution is 2.28. The molecule has 1 amide bonds. The van der Waals surface area contributed by atoms with Crippen molar-refractivity contribution in [1.82, 2.24) is 10.2 Å². The number of carbonyl (C=O) groups excluding carboxylic acids is 1. The Morgan fingerprint density at radius 1 is 1.22 bits per heavy atom. The van der Waals surface area contributed by atoms with Crippen LogP contribution in [0.15, 0.2) is 24.3 Å². The van der Waals surface area contributed by atoms with E-state index in [1.54, 1.807) is 12.1 Å². The van der Waals surface area contributed by atoms with Crippen LogP contribution >= 0.6 is 24.0 Å². The number of carbonyl (C=O) groups is 1. The molecule has 1 aliphatic carbocycles. The van der Waals surface area contributed by atoms with Gasteiger partial charge < -0.3 is 10.6 Å². The summed E-state index contributed by atoms with van der Waals surface area (Å²) in [7, 11) is 0. The molecule has 1 aromatic rings. The normalized spacial score (nSPS) is 19.2. The summed E-state index contributed by atoms with van der Waals surface area (Å²) in [6, 6.07) is 7.91. The highest BCUT2D eigenvalue weighted by Gasteiger charge is 2.24. The maximum Gasteiger partial charge on any atom is 0.238 e. The fourth-order valence-electron chi connectivity index (χ4n) is 2.92. The van der Waals surface area contributed by atoms with Crippen molar-refractivity contribution in [2.45, 2.75) is 31.7 Å². The van der Waals surface area contributed by atoms with Crippen LogP contribution in [-0.4, -0.2) is 43.0 Å². The topological polar surface area (TPSA) is 44.4 Å². The molecule has 3 rings (SSSR count). The van der Waals surface area contributed by atoms with Gasteiger partial charge >= 0.3 is 0 Å². The first kappa shape index (κ1) is 18.5. The molecule has 2 aliphatic rings. The molecule has 0 bridgehead atoms. The van der Waals surface area contributed by atoms with Crippen molar-refractivity contribution < 1.29 is 4.79 Å². The zero-order valence-corrected chi connectivity index (χ0v) is 14.8. The van der Waals surface area contributed by atoms with E-state index in [1.807, 2.05) is 12.1 Å². The molecule has 4 nitrogen and oxygen atoms in total. The fraction of sp³-hybridized carbons (Fsp3) is 0.588. The third kappa shape index (κ3) is 6.30. The van der Waals surface area contributed by atoms with Crippen molar-refractivity contribution in [1.29, 1.82) is 0 Å². The van der Waals surface area contributed by atoms with E-state index in [0.29, 0.717) is 17.6 Å². The Morgan fingerprint density at radius 2 is 1.96 bits per heavy atom. The number of hydrogen-bond acceptors (Lipinski definition) is 3. The Labute approximate surface area is 149 Å². The van der Waals surface area contributed by atoms with Gasteiger partial charge in [0.05, 0.1) is 6.54 Å². The van der Waals surface area contributed by atoms with E-state index in [2.05, 4.69) is 15.5 Å². The van der Waals surface area contributed by atoms with Crippen molar-refractivity contribution in [3.05, 3.63) is 29.3 Å². The second-order valence-electron chi connectivity index (χ2n) is 6.46. The standard InChI is InChI=1S/C17H24ClN3O.ClH/c18-14-2-1-3-16(10-14)20-17(22)12-21-8-6-15(7-9-21)19-11-13-4-5-13;/h1-3,10,13,15,19H,4-9,11-12H2,(H,20,22);1H. The summed E-state index contributed by atoms with van der Waals surface area (Å²) in [5.41, 5.74) is 0.762. The Hall–Kier alpha value is -0.810. The molecule has 0 radical (unpaired) electrons. The number of benzene rings is 1. The minimum absolute atomic E-state index is 0. The van der Waals surface area contributed by atoms with Gasteiger partial charge in [0.2, 0.25) is 5.91 Å². The average Bonchev–Trinajstić information content (AvgIpc) is 3.31. The first-order chi connectivity index (χ1) is 10.7. The van der Waals surface area contributed by atoms with E-state index in [0.717, 1.165) is 37.5 Å². The molecule has 2 fully saturated rings. The van der Waals surface area contributed by atoms with Crippen LogP contribution in [0, 0.1) is 5.92 Å². The third-order valence-electron chi connectivity index (χ3n) is 4.46. The van der Waals surface area contributed by atoms with Gasteiger partial charge in [-0.1, -0.05) is 17.7 Å². The van der Waals surface area contributed by atoms with Gasteiger partial charge in [0.1, 0.15) is 0 Å². The number of anilines is 1. The number of likely N-dealkylation sites (tertiary alicyclic amines) is 1. The lowest BCUT2D eigenvalue weighted by Crippen LogP contribution is -2.45. The van der Waals surface area contributed by atoms with Gasteiger partial charge in [0, 0.05) is 29.8 Å². The van der Waals surface area contributed by atoms with E-state index in [-0.39, 0.29) is 18.3 Å². The van der Waals surface area contributed by atoms with Crippen LogP contribution in [0.4, 0.5) is 5.69 Å². The lowest BCUT2D eigenvalue weighted by molar-refractivity contribution is -0.117. The molecule has 0 atom stereocenters. The minimum atomic E-state index is 0. The Morgan fingerprint density at radius 3 is 2.61 bits per heavy atom. The molecule has 1 heterocycles. The number of rotatable bonds is 6. The van der Waals surface area contributed by atoms with Gasteiger partial charge in [-0.2, -0.15) is 0 Å². The van der Waals surface area contributed by atoms with E-state index in [1.165, 1.54) is 19.4 Å². The maximum absolute atomic E-state index is 12.1. The van der Waals surface area contributed by atoms with E-state index in [4.69, 9.17) is 11.6 Å². The first-order valence-corrected chi connectivity index (χ1v) is 8.58. The van der Waals surface area contributed by atoms with Crippen LogP contribution in [0.3, 0.4) is 0 Å². The molecule has 0 spiro atoms. The molecule has 23 heavy (non-hydrogen) atoms. The molecule has 0 unspecified atom stereocenters. The van der Waals surface area contributed by atoms with Crippen LogP contribution in [0.5, 0.6) is 0 Å². The summed E-state index contributed by atoms with van der Waals surface area (Å²) in [4.78, 5) is 14.3. The Kier molecular flexibility index (Phi) is 7.15. The van der Waals surface area contributed by atoms with E-state index < -0.39 is 0 Å². The summed E-state index contributed by atoms with van der Waals surface area (Å²) in [5, 5.41) is 7.21. The second kappa shape index (κ2) is 8.88. The van der Waals surface area contributed by atoms with Crippen LogP contribution in [-0.2, 0) is 4.79 Å². The lowest BCUT2D eigenvalue weighted by Gasteiger charge is -2.32. The van der Waals surface area contributed by atoms with Gasteiger partial charge in [0.15, 0.2) is 0 Å². The Balaban J connectivity index is 0.00000192. The lowest BCUT2D eigenvalue weighted by atomic mass is 10.0. The van der Waals surface area contributed by atoms with Gasteiger partial charge in [-0.25, -0.2) is 0 Å². The number of halogens is 2. The quantitative estimate of drug-likeness (QED) is 0.821. The van der Waals surface area contributed by atoms with Crippen LogP contribution in [0.2, 0.25) is 5.02 Å². The second-order valence-corrected chi connectivity index (χ2v) is 6.90. The predicted octanol–water partition coefficient (Wildman–Crippen LogP) is 3.16. The van der Waals surface area contributed by atoms with Gasteiger partial charge in [-0.15, -0.1) is 12.4 Å². The number of piperidine rings is 1.